The average molecular weight is 479 g/mol. The van der Waals surface area contributed by atoms with E-state index in [9.17, 15) is 30.0 Å². The second-order valence-electron chi connectivity index (χ2n) is 11.4. The van der Waals surface area contributed by atoms with Crippen LogP contribution in [0.5, 0.6) is 0 Å². The standard InChI is InChI=1S/C26H38O8/c1-7-8-18(28)34-25-11-14(3)24-10-13(2)20(29)26(24,32)21(30)16(12-33-15(4)27)9-17(22(24)31)19(25)23(25,5)6/h9-10,14,17,19-22,29-32H,7-8,11-12H2,1-6H3/t14-,17+,19-,20+,21-,22?,24+,25+,26-/m1/s1. The number of aliphatic hydroxyl groups is 4. The van der Waals surface area contributed by atoms with Crippen LogP contribution in [0.3, 0.4) is 0 Å². The highest BCUT2D eigenvalue weighted by molar-refractivity contribution is 5.71. The highest BCUT2D eigenvalue weighted by atomic mass is 16.6. The number of fused-ring (bicyclic) bond motifs is 3. The fourth-order valence-corrected chi connectivity index (χ4v) is 7.67. The minimum Gasteiger partial charge on any atom is -0.461 e. The van der Waals surface area contributed by atoms with Gasteiger partial charge in [0.15, 0.2) is 0 Å². The number of esters is 2. The molecule has 190 valence electrons. The first-order valence-corrected chi connectivity index (χ1v) is 12.2. The van der Waals surface area contributed by atoms with E-state index in [0.717, 1.165) is 0 Å². The number of aliphatic hydroxyl groups excluding tert-OH is 3. The molecule has 4 aliphatic rings. The highest BCUT2D eigenvalue weighted by Gasteiger charge is 2.82. The summed E-state index contributed by atoms with van der Waals surface area (Å²) in [5.41, 5.74) is -4.21. The first-order valence-electron chi connectivity index (χ1n) is 12.2. The van der Waals surface area contributed by atoms with E-state index in [1.54, 1.807) is 19.1 Å². The van der Waals surface area contributed by atoms with Crippen molar-refractivity contribution in [3.63, 3.8) is 0 Å². The summed E-state index contributed by atoms with van der Waals surface area (Å²) in [6.45, 7) is 10.4. The Bertz CT molecular complexity index is 952. The number of ether oxygens (including phenoxy) is 2. The Morgan fingerprint density at radius 3 is 2.41 bits per heavy atom. The Hall–Kier alpha value is -1.74. The molecule has 8 heteroatoms. The van der Waals surface area contributed by atoms with Crippen LogP contribution < -0.4 is 0 Å². The molecule has 0 heterocycles. The normalized spacial score (nSPS) is 46.2. The number of hydrogen-bond donors (Lipinski definition) is 4. The summed E-state index contributed by atoms with van der Waals surface area (Å²) >= 11 is 0. The number of rotatable bonds is 5. The van der Waals surface area contributed by atoms with Gasteiger partial charge in [0, 0.05) is 30.6 Å². The molecule has 34 heavy (non-hydrogen) atoms. The molecule has 2 saturated carbocycles. The van der Waals surface area contributed by atoms with Crippen molar-refractivity contribution in [3.8, 4) is 0 Å². The van der Waals surface area contributed by atoms with E-state index in [1.165, 1.54) is 6.92 Å². The van der Waals surface area contributed by atoms with E-state index in [2.05, 4.69) is 0 Å². The van der Waals surface area contributed by atoms with Gasteiger partial charge in [-0.3, -0.25) is 9.59 Å². The fraction of sp³-hybridized carbons (Fsp3) is 0.769. The lowest BCUT2D eigenvalue weighted by atomic mass is 9.58. The Balaban J connectivity index is 1.91. The average Bonchev–Trinajstić information content (AvgIpc) is 3.15. The predicted octanol–water partition coefficient (Wildman–Crippen LogP) is 1.64. The summed E-state index contributed by atoms with van der Waals surface area (Å²) < 4.78 is 11.3. The lowest BCUT2D eigenvalue weighted by Gasteiger charge is -2.51. The van der Waals surface area contributed by atoms with Gasteiger partial charge in [0.2, 0.25) is 0 Å². The number of hydrogen-bond acceptors (Lipinski definition) is 8. The Morgan fingerprint density at radius 1 is 1.18 bits per heavy atom. The van der Waals surface area contributed by atoms with Crippen molar-refractivity contribution < 1.29 is 39.5 Å². The monoisotopic (exact) mass is 478 g/mol. The van der Waals surface area contributed by atoms with Crippen molar-refractivity contribution >= 4 is 11.9 Å². The van der Waals surface area contributed by atoms with Gasteiger partial charge in [-0.1, -0.05) is 39.8 Å². The lowest BCUT2D eigenvalue weighted by molar-refractivity contribution is -0.217. The summed E-state index contributed by atoms with van der Waals surface area (Å²) in [6.07, 6.45) is 0.490. The smallest absolute Gasteiger partial charge is 0.306 e. The molecule has 8 nitrogen and oxygen atoms in total. The Morgan fingerprint density at radius 2 is 1.82 bits per heavy atom. The van der Waals surface area contributed by atoms with Crippen molar-refractivity contribution in [1.82, 2.24) is 0 Å². The minimum atomic E-state index is -2.15. The van der Waals surface area contributed by atoms with Gasteiger partial charge in [-0.2, -0.15) is 0 Å². The summed E-state index contributed by atoms with van der Waals surface area (Å²) in [7, 11) is 0. The largest absolute Gasteiger partial charge is 0.461 e. The third kappa shape index (κ3) is 2.98. The molecule has 0 aliphatic heterocycles. The summed E-state index contributed by atoms with van der Waals surface area (Å²) in [5.74, 6) is -2.21. The van der Waals surface area contributed by atoms with Gasteiger partial charge in [-0.05, 0) is 36.8 Å². The van der Waals surface area contributed by atoms with Crippen molar-refractivity contribution in [3.05, 3.63) is 23.3 Å². The summed E-state index contributed by atoms with van der Waals surface area (Å²) in [4.78, 5) is 24.2. The van der Waals surface area contributed by atoms with Gasteiger partial charge >= 0.3 is 11.9 Å². The molecule has 0 saturated heterocycles. The van der Waals surface area contributed by atoms with Crippen molar-refractivity contribution in [2.75, 3.05) is 6.61 Å². The first kappa shape index (κ1) is 25.4. The Labute approximate surface area is 200 Å². The van der Waals surface area contributed by atoms with Crippen molar-refractivity contribution in [1.29, 1.82) is 0 Å². The van der Waals surface area contributed by atoms with E-state index in [0.29, 0.717) is 18.4 Å². The van der Waals surface area contributed by atoms with Crippen LogP contribution in [0.1, 0.15) is 60.8 Å². The van der Waals surface area contributed by atoms with Crippen LogP contribution in [0, 0.1) is 28.6 Å². The molecule has 0 aromatic rings. The van der Waals surface area contributed by atoms with Crippen LogP contribution in [-0.2, 0) is 19.1 Å². The third-order valence-electron chi connectivity index (χ3n) is 9.33. The highest BCUT2D eigenvalue weighted by Crippen LogP contribution is 2.76. The zero-order valence-electron chi connectivity index (χ0n) is 20.9. The molecule has 4 aliphatic carbocycles. The predicted molar refractivity (Wildman–Crippen MR) is 122 cm³/mol. The molecule has 0 aromatic heterocycles. The van der Waals surface area contributed by atoms with Crippen LogP contribution in [0.25, 0.3) is 0 Å². The molecule has 1 unspecified atom stereocenters. The quantitative estimate of drug-likeness (QED) is 0.346. The zero-order valence-corrected chi connectivity index (χ0v) is 20.9. The topological polar surface area (TPSA) is 134 Å². The maximum atomic E-state index is 12.7. The van der Waals surface area contributed by atoms with E-state index in [-0.39, 0.29) is 30.5 Å². The van der Waals surface area contributed by atoms with Gasteiger partial charge in [-0.15, -0.1) is 0 Å². The SMILES string of the molecule is CCCC(=O)O[C@@]12C[C@@H](C)[C@]34C=C(C)[C@H](O)[C@@]3(O)[C@H](O)C(COC(C)=O)=C[C@H](C4O)[C@@H]1C2(C)C. The van der Waals surface area contributed by atoms with Crippen LogP contribution in [0.4, 0.5) is 0 Å². The lowest BCUT2D eigenvalue weighted by Crippen LogP contribution is -2.66. The Kier molecular flexibility index (Phi) is 5.88. The number of carbonyl (C=O) groups excluding carboxylic acids is 2. The zero-order chi connectivity index (χ0) is 25.4. The summed E-state index contributed by atoms with van der Waals surface area (Å²) in [5, 5.41) is 46.6. The summed E-state index contributed by atoms with van der Waals surface area (Å²) in [6, 6.07) is 0. The maximum absolute atomic E-state index is 12.7. The fourth-order valence-electron chi connectivity index (χ4n) is 7.67. The minimum absolute atomic E-state index is 0.219. The molecular formula is C26H38O8. The number of carbonyl (C=O) groups is 2. The van der Waals surface area contributed by atoms with Gasteiger partial charge < -0.3 is 29.9 Å². The van der Waals surface area contributed by atoms with E-state index in [1.807, 2.05) is 27.7 Å². The van der Waals surface area contributed by atoms with Crippen LogP contribution in [0.2, 0.25) is 0 Å². The second-order valence-corrected chi connectivity index (χ2v) is 11.4. The molecule has 0 radical (unpaired) electrons. The van der Waals surface area contributed by atoms with Gasteiger partial charge in [0.25, 0.3) is 0 Å². The molecule has 2 bridgehead atoms. The first-order chi connectivity index (χ1) is 15.7. The van der Waals surface area contributed by atoms with Gasteiger partial charge in [0.05, 0.1) is 11.5 Å². The molecule has 0 aromatic carbocycles. The maximum Gasteiger partial charge on any atom is 0.306 e. The van der Waals surface area contributed by atoms with Crippen LogP contribution in [0.15, 0.2) is 23.3 Å². The van der Waals surface area contributed by atoms with Crippen molar-refractivity contribution in [2.24, 2.45) is 28.6 Å². The van der Waals surface area contributed by atoms with Crippen LogP contribution >= 0.6 is 0 Å². The molecule has 0 amide bonds. The second kappa shape index (κ2) is 7.88. The van der Waals surface area contributed by atoms with E-state index >= 15 is 0 Å². The van der Waals surface area contributed by atoms with Gasteiger partial charge in [-0.25, -0.2) is 0 Å². The van der Waals surface area contributed by atoms with Crippen molar-refractivity contribution in [2.45, 2.75) is 90.3 Å². The molecule has 4 N–H and O–H groups in total. The molecular weight excluding hydrogens is 440 g/mol. The molecule has 2 fully saturated rings. The molecule has 4 rings (SSSR count). The third-order valence-corrected chi connectivity index (χ3v) is 9.33. The molecule has 1 spiro atoms. The van der Waals surface area contributed by atoms with Crippen LogP contribution in [-0.4, -0.2) is 68.5 Å². The van der Waals surface area contributed by atoms with Gasteiger partial charge in [0.1, 0.15) is 30.0 Å². The van der Waals surface area contributed by atoms with E-state index in [4.69, 9.17) is 9.47 Å². The van der Waals surface area contributed by atoms with E-state index < -0.39 is 58.1 Å². The molecule has 9 atom stereocenters.